The third-order valence-corrected chi connectivity index (χ3v) is 9.92. The standard InChI is InChI=1S/C25H25ClO2S/c1-25(18-8-9-19-25)28-24(27)20-14-16-23(17-15-20)29(26,21-10-4-2-5-11-21)22-12-6-3-7-13-22/h2-7,10-17H,8-9,18-19H2,1H3. The second-order valence-corrected chi connectivity index (χ2v) is 11.6. The molecular formula is C25H25ClO2S. The molecule has 1 fully saturated rings. The molecular weight excluding hydrogens is 400 g/mol. The van der Waals surface area contributed by atoms with E-state index in [1.807, 2.05) is 67.6 Å². The van der Waals surface area contributed by atoms with Gasteiger partial charge in [0.05, 0.1) is 5.56 Å². The molecule has 3 aromatic carbocycles. The molecule has 0 heterocycles. The van der Waals surface area contributed by atoms with Gasteiger partial charge in [-0.1, -0.05) is 56.3 Å². The molecule has 1 aliphatic carbocycles. The second kappa shape index (κ2) is 8.25. The lowest BCUT2D eigenvalue weighted by Gasteiger charge is -2.34. The van der Waals surface area contributed by atoms with Crippen molar-refractivity contribution in [3.8, 4) is 0 Å². The van der Waals surface area contributed by atoms with E-state index in [2.05, 4.69) is 24.3 Å². The van der Waals surface area contributed by atoms with Crippen LogP contribution in [0.15, 0.2) is 99.6 Å². The van der Waals surface area contributed by atoms with Crippen LogP contribution in [0.1, 0.15) is 43.0 Å². The van der Waals surface area contributed by atoms with Crippen LogP contribution in [0.3, 0.4) is 0 Å². The molecule has 0 atom stereocenters. The summed E-state index contributed by atoms with van der Waals surface area (Å²) in [7, 11) is 5.44. The quantitative estimate of drug-likeness (QED) is 0.394. The van der Waals surface area contributed by atoms with E-state index in [0.717, 1.165) is 40.4 Å². The van der Waals surface area contributed by atoms with Gasteiger partial charge in [0.2, 0.25) is 0 Å². The number of hydrogen-bond acceptors (Lipinski definition) is 2. The number of ether oxygens (including phenoxy) is 1. The molecule has 0 aromatic heterocycles. The molecule has 1 aliphatic rings. The number of carbonyl (C=O) groups is 1. The highest BCUT2D eigenvalue weighted by atomic mass is 35.7. The molecule has 3 aromatic rings. The number of hydrogen-bond donors (Lipinski definition) is 0. The van der Waals surface area contributed by atoms with Gasteiger partial charge in [0.15, 0.2) is 0 Å². The molecule has 29 heavy (non-hydrogen) atoms. The third kappa shape index (κ3) is 4.08. The molecule has 0 bridgehead atoms. The monoisotopic (exact) mass is 424 g/mol. The summed E-state index contributed by atoms with van der Waals surface area (Å²) in [5.74, 6) is -0.254. The van der Waals surface area contributed by atoms with E-state index >= 15 is 0 Å². The first kappa shape index (κ1) is 20.1. The number of benzene rings is 3. The van der Waals surface area contributed by atoms with E-state index in [4.69, 9.17) is 15.4 Å². The fraction of sp³-hybridized carbons (Fsp3) is 0.240. The van der Waals surface area contributed by atoms with Crippen LogP contribution in [-0.2, 0) is 4.74 Å². The van der Waals surface area contributed by atoms with Crippen molar-refractivity contribution < 1.29 is 9.53 Å². The van der Waals surface area contributed by atoms with Crippen molar-refractivity contribution in [1.29, 1.82) is 0 Å². The number of esters is 1. The molecule has 2 nitrogen and oxygen atoms in total. The van der Waals surface area contributed by atoms with Crippen molar-refractivity contribution in [2.45, 2.75) is 52.9 Å². The van der Waals surface area contributed by atoms with Crippen LogP contribution < -0.4 is 0 Å². The van der Waals surface area contributed by atoms with Gasteiger partial charge in [-0.15, -0.1) is 0 Å². The van der Waals surface area contributed by atoms with Crippen molar-refractivity contribution in [3.05, 3.63) is 90.5 Å². The molecule has 0 unspecified atom stereocenters. The number of halogens is 1. The maximum absolute atomic E-state index is 12.7. The van der Waals surface area contributed by atoms with Crippen molar-refractivity contribution in [3.63, 3.8) is 0 Å². The lowest BCUT2D eigenvalue weighted by Crippen LogP contribution is -2.28. The molecule has 0 N–H and O–H groups in total. The highest BCUT2D eigenvalue weighted by Gasteiger charge is 2.33. The van der Waals surface area contributed by atoms with E-state index < -0.39 is 9.24 Å². The molecule has 4 heteroatoms. The highest BCUT2D eigenvalue weighted by molar-refractivity contribution is 8.51. The van der Waals surface area contributed by atoms with Gasteiger partial charge in [-0.25, -0.2) is 4.79 Å². The number of rotatable bonds is 5. The summed E-state index contributed by atoms with van der Waals surface area (Å²) in [6, 6.07) is 27.9. The Kier molecular flexibility index (Phi) is 5.71. The van der Waals surface area contributed by atoms with Gasteiger partial charge in [0.25, 0.3) is 0 Å². The summed E-state index contributed by atoms with van der Waals surface area (Å²) in [5.41, 5.74) is 0.243. The zero-order valence-electron chi connectivity index (χ0n) is 16.5. The maximum atomic E-state index is 12.7. The summed E-state index contributed by atoms with van der Waals surface area (Å²) < 4.78 is 5.81. The summed E-state index contributed by atoms with van der Waals surface area (Å²) >= 11 is 0. The molecule has 0 saturated heterocycles. The Hall–Kier alpha value is -2.23. The predicted octanol–water partition coefficient (Wildman–Crippen LogP) is 7.61. The van der Waals surface area contributed by atoms with Gasteiger partial charge in [0, 0.05) is 14.7 Å². The Labute approximate surface area is 178 Å². The summed E-state index contributed by atoms with van der Waals surface area (Å²) in [6.45, 7) is 2.03. The lowest BCUT2D eigenvalue weighted by atomic mass is 10.1. The van der Waals surface area contributed by atoms with Crippen LogP contribution >= 0.6 is 19.9 Å². The van der Waals surface area contributed by atoms with E-state index in [9.17, 15) is 4.79 Å². The van der Waals surface area contributed by atoms with Crippen LogP contribution in [0, 0.1) is 0 Å². The smallest absolute Gasteiger partial charge is 0.338 e. The highest BCUT2D eigenvalue weighted by Crippen LogP contribution is 2.72. The van der Waals surface area contributed by atoms with Crippen LogP contribution in [0.2, 0.25) is 0 Å². The average molecular weight is 425 g/mol. The first-order chi connectivity index (χ1) is 14.0. The fourth-order valence-electron chi connectivity index (χ4n) is 3.91. The van der Waals surface area contributed by atoms with Gasteiger partial charge < -0.3 is 4.74 Å². The predicted molar refractivity (Wildman–Crippen MR) is 120 cm³/mol. The topological polar surface area (TPSA) is 26.3 Å². The Morgan fingerprint density at radius 2 is 1.24 bits per heavy atom. The Morgan fingerprint density at radius 1 is 0.793 bits per heavy atom. The molecule has 0 spiro atoms. The summed E-state index contributed by atoms with van der Waals surface area (Å²) in [6.07, 6.45) is 4.12. The van der Waals surface area contributed by atoms with Crippen LogP contribution in [0.5, 0.6) is 0 Å². The van der Waals surface area contributed by atoms with Crippen molar-refractivity contribution >= 4 is 25.9 Å². The van der Waals surface area contributed by atoms with Gasteiger partial charge >= 0.3 is 5.97 Å². The van der Waals surface area contributed by atoms with Crippen LogP contribution in [0.25, 0.3) is 0 Å². The van der Waals surface area contributed by atoms with Crippen molar-refractivity contribution in [1.82, 2.24) is 0 Å². The lowest BCUT2D eigenvalue weighted by molar-refractivity contribution is -0.00609. The first-order valence-corrected chi connectivity index (χ1v) is 12.4. The second-order valence-electron chi connectivity index (χ2n) is 7.73. The van der Waals surface area contributed by atoms with E-state index in [1.54, 1.807) is 0 Å². The van der Waals surface area contributed by atoms with E-state index in [0.29, 0.717) is 5.56 Å². The van der Waals surface area contributed by atoms with Gasteiger partial charge in [0.1, 0.15) is 5.60 Å². The molecule has 0 aliphatic heterocycles. The average Bonchev–Trinajstić information content (AvgIpc) is 3.20. The fourth-order valence-corrected chi connectivity index (χ4v) is 7.23. The minimum absolute atomic E-state index is 0.254. The first-order valence-electron chi connectivity index (χ1n) is 9.98. The van der Waals surface area contributed by atoms with E-state index in [-0.39, 0.29) is 11.6 Å². The van der Waals surface area contributed by atoms with E-state index in [1.165, 1.54) is 0 Å². The minimum Gasteiger partial charge on any atom is -0.456 e. The Balaban J connectivity index is 1.67. The SMILES string of the molecule is CC1(OC(=O)c2ccc(S(Cl)(c3ccccc3)c3ccccc3)cc2)CCCC1. The molecule has 0 amide bonds. The molecule has 4 rings (SSSR count). The van der Waals surface area contributed by atoms with Crippen molar-refractivity contribution in [2.24, 2.45) is 0 Å². The van der Waals surface area contributed by atoms with Crippen LogP contribution in [-0.4, -0.2) is 11.6 Å². The van der Waals surface area contributed by atoms with Crippen molar-refractivity contribution in [2.75, 3.05) is 0 Å². The zero-order chi connectivity index (χ0) is 20.3. The van der Waals surface area contributed by atoms with Gasteiger partial charge in [-0.2, -0.15) is 0 Å². The Morgan fingerprint density at radius 3 is 1.72 bits per heavy atom. The molecule has 150 valence electrons. The maximum Gasteiger partial charge on any atom is 0.338 e. The van der Waals surface area contributed by atoms with Crippen LogP contribution in [0.4, 0.5) is 0 Å². The van der Waals surface area contributed by atoms with Gasteiger partial charge in [-0.05, 0) is 81.1 Å². The third-order valence-electron chi connectivity index (χ3n) is 5.55. The normalized spacial score (nSPS) is 16.3. The molecule has 0 radical (unpaired) electrons. The Bertz CT molecular complexity index is 925. The summed E-state index contributed by atoms with van der Waals surface area (Å²) in [4.78, 5) is 15.8. The largest absolute Gasteiger partial charge is 0.456 e. The van der Waals surface area contributed by atoms with Gasteiger partial charge in [-0.3, -0.25) is 0 Å². The molecule has 1 saturated carbocycles. The zero-order valence-corrected chi connectivity index (χ0v) is 18.1. The summed E-state index contributed by atoms with van der Waals surface area (Å²) in [5, 5.41) is 0. The number of carbonyl (C=O) groups excluding carboxylic acids is 1. The minimum atomic E-state index is -1.93.